The van der Waals surface area contributed by atoms with Crippen LogP contribution in [0.3, 0.4) is 0 Å². The molecule has 11 heteroatoms. The second-order valence-electron chi connectivity index (χ2n) is 8.25. The van der Waals surface area contributed by atoms with E-state index in [0.717, 1.165) is 24.5 Å². The summed E-state index contributed by atoms with van der Waals surface area (Å²) in [4.78, 5) is 12.7. The lowest BCUT2D eigenvalue weighted by atomic mass is 10.1. The van der Waals surface area contributed by atoms with Crippen molar-refractivity contribution in [3.05, 3.63) is 112 Å². The lowest BCUT2D eigenvalue weighted by molar-refractivity contribution is -0.137. The lowest BCUT2D eigenvalue weighted by Crippen LogP contribution is -2.19. The standard InChI is InChI=1S/C26H20F5N5O/c1-15-10-19(35-13-20(27)21(28)14-35)6-7-23(15)36-9-8-24(37)25(34-36)22(11-16(2)32)33-18-5-3-4-17(12-18)26(29,30)31/h3-14,32-33H,1-2H3/b22-11-,32-16?. The molecule has 0 aliphatic carbocycles. The van der Waals surface area contributed by atoms with Gasteiger partial charge in [0.05, 0.1) is 16.9 Å². The van der Waals surface area contributed by atoms with Crippen molar-refractivity contribution in [1.82, 2.24) is 14.3 Å². The van der Waals surface area contributed by atoms with Crippen LogP contribution in [0.4, 0.5) is 27.6 Å². The fourth-order valence-electron chi connectivity index (χ4n) is 3.65. The molecule has 0 radical (unpaired) electrons. The van der Waals surface area contributed by atoms with Gasteiger partial charge in [0, 0.05) is 41.7 Å². The smallest absolute Gasteiger partial charge is 0.354 e. The molecule has 0 fully saturated rings. The van der Waals surface area contributed by atoms with Gasteiger partial charge in [0.1, 0.15) is 0 Å². The Bertz CT molecular complexity index is 1560. The molecule has 4 rings (SSSR count). The van der Waals surface area contributed by atoms with Gasteiger partial charge in [-0.25, -0.2) is 13.5 Å². The molecule has 2 aromatic carbocycles. The van der Waals surface area contributed by atoms with E-state index in [0.29, 0.717) is 16.9 Å². The second kappa shape index (κ2) is 9.84. The van der Waals surface area contributed by atoms with Crippen LogP contribution in [0.2, 0.25) is 0 Å². The Labute approximate surface area is 207 Å². The van der Waals surface area contributed by atoms with Crippen molar-refractivity contribution in [2.24, 2.45) is 0 Å². The van der Waals surface area contributed by atoms with E-state index in [1.165, 1.54) is 46.6 Å². The largest absolute Gasteiger partial charge is 0.416 e. The number of hydrogen-bond acceptors (Lipinski definition) is 4. The molecule has 2 aromatic heterocycles. The highest BCUT2D eigenvalue weighted by Crippen LogP contribution is 2.31. The number of aryl methyl sites for hydroxylation is 1. The van der Waals surface area contributed by atoms with Crippen molar-refractivity contribution in [2.75, 3.05) is 5.32 Å². The number of nitrogens with zero attached hydrogens (tertiary/aromatic N) is 3. The summed E-state index contributed by atoms with van der Waals surface area (Å²) in [5.74, 6) is -1.97. The first-order valence-corrected chi connectivity index (χ1v) is 10.9. The molecule has 0 atom stereocenters. The average Bonchev–Trinajstić information content (AvgIpc) is 3.16. The minimum Gasteiger partial charge on any atom is -0.354 e. The van der Waals surface area contributed by atoms with Crippen LogP contribution in [0, 0.1) is 24.0 Å². The van der Waals surface area contributed by atoms with Gasteiger partial charge in [-0.05, 0) is 61.9 Å². The first-order chi connectivity index (χ1) is 17.4. The van der Waals surface area contributed by atoms with Gasteiger partial charge in [-0.3, -0.25) is 4.79 Å². The Morgan fingerprint density at radius 1 is 1.05 bits per heavy atom. The van der Waals surface area contributed by atoms with Crippen LogP contribution in [0.25, 0.3) is 17.1 Å². The number of anilines is 1. The molecule has 0 aliphatic heterocycles. The Morgan fingerprint density at radius 3 is 2.38 bits per heavy atom. The van der Waals surface area contributed by atoms with Crippen molar-refractivity contribution in [3.8, 4) is 11.4 Å². The molecule has 0 saturated carbocycles. The molecule has 37 heavy (non-hydrogen) atoms. The van der Waals surface area contributed by atoms with Crippen LogP contribution >= 0.6 is 0 Å². The summed E-state index contributed by atoms with van der Waals surface area (Å²) in [5.41, 5.74) is 0.330. The van der Waals surface area contributed by atoms with Gasteiger partial charge in [0.25, 0.3) is 0 Å². The number of allylic oxidation sites excluding steroid dienone is 1. The van der Waals surface area contributed by atoms with Gasteiger partial charge in [-0.2, -0.15) is 18.3 Å². The summed E-state index contributed by atoms with van der Waals surface area (Å²) in [6.45, 7) is 3.19. The Balaban J connectivity index is 1.73. The number of nitrogens with one attached hydrogen (secondary N) is 2. The second-order valence-corrected chi connectivity index (χ2v) is 8.25. The van der Waals surface area contributed by atoms with Crippen LogP contribution in [0.1, 0.15) is 23.7 Å². The average molecular weight is 513 g/mol. The Morgan fingerprint density at radius 2 is 1.76 bits per heavy atom. The van der Waals surface area contributed by atoms with E-state index in [2.05, 4.69) is 10.4 Å². The van der Waals surface area contributed by atoms with Gasteiger partial charge < -0.3 is 15.3 Å². The van der Waals surface area contributed by atoms with Gasteiger partial charge in [-0.1, -0.05) is 6.07 Å². The summed E-state index contributed by atoms with van der Waals surface area (Å²) >= 11 is 0. The minimum atomic E-state index is -4.56. The highest BCUT2D eigenvalue weighted by molar-refractivity contribution is 5.98. The summed E-state index contributed by atoms with van der Waals surface area (Å²) in [5, 5.41) is 15.0. The lowest BCUT2D eigenvalue weighted by Gasteiger charge is -2.15. The third-order valence-electron chi connectivity index (χ3n) is 5.35. The van der Waals surface area contributed by atoms with E-state index in [1.807, 2.05) is 0 Å². The molecule has 0 bridgehead atoms. The van der Waals surface area contributed by atoms with E-state index in [4.69, 9.17) is 5.41 Å². The first kappa shape index (κ1) is 25.5. The fraction of sp³-hybridized carbons (Fsp3) is 0.115. The highest BCUT2D eigenvalue weighted by Gasteiger charge is 2.30. The number of hydrogen-bond donors (Lipinski definition) is 2. The molecular weight excluding hydrogens is 493 g/mol. The summed E-state index contributed by atoms with van der Waals surface area (Å²) in [7, 11) is 0. The maximum Gasteiger partial charge on any atom is 0.416 e. The van der Waals surface area contributed by atoms with E-state index in [1.54, 1.807) is 25.1 Å². The van der Waals surface area contributed by atoms with E-state index in [9.17, 15) is 26.7 Å². The topological polar surface area (TPSA) is 75.7 Å². The maximum absolute atomic E-state index is 13.4. The molecule has 6 nitrogen and oxygen atoms in total. The summed E-state index contributed by atoms with van der Waals surface area (Å²) in [6.07, 6.45) is 0.172. The number of halogens is 5. The summed E-state index contributed by atoms with van der Waals surface area (Å²) < 4.78 is 69.0. The predicted molar refractivity (Wildman–Crippen MR) is 130 cm³/mol. The molecule has 2 heterocycles. The third kappa shape index (κ3) is 5.66. The van der Waals surface area contributed by atoms with Crippen LogP contribution < -0.4 is 10.7 Å². The predicted octanol–water partition coefficient (Wildman–Crippen LogP) is 6.12. The van der Waals surface area contributed by atoms with Crippen molar-refractivity contribution in [3.63, 3.8) is 0 Å². The Kier molecular flexibility index (Phi) is 6.80. The van der Waals surface area contributed by atoms with Crippen LogP contribution in [-0.2, 0) is 6.18 Å². The maximum atomic E-state index is 13.4. The van der Waals surface area contributed by atoms with E-state index >= 15 is 0 Å². The van der Waals surface area contributed by atoms with Crippen molar-refractivity contribution in [1.29, 1.82) is 5.41 Å². The number of benzene rings is 2. The molecular formula is C26H20F5N5O. The monoisotopic (exact) mass is 513 g/mol. The number of alkyl halides is 3. The quantitative estimate of drug-likeness (QED) is 0.241. The normalized spacial score (nSPS) is 12.0. The van der Waals surface area contributed by atoms with Crippen molar-refractivity contribution in [2.45, 2.75) is 20.0 Å². The van der Waals surface area contributed by atoms with Crippen molar-refractivity contribution < 1.29 is 22.0 Å². The van der Waals surface area contributed by atoms with E-state index in [-0.39, 0.29) is 22.8 Å². The van der Waals surface area contributed by atoms with Gasteiger partial charge >= 0.3 is 6.18 Å². The molecule has 4 aromatic rings. The van der Waals surface area contributed by atoms with Gasteiger partial charge in [0.15, 0.2) is 17.3 Å². The van der Waals surface area contributed by atoms with Crippen LogP contribution in [0.5, 0.6) is 0 Å². The zero-order chi connectivity index (χ0) is 26.9. The minimum absolute atomic E-state index is 0.0396. The van der Waals surface area contributed by atoms with Crippen molar-refractivity contribution >= 4 is 17.1 Å². The molecule has 2 N–H and O–H groups in total. The molecule has 0 aliphatic rings. The van der Waals surface area contributed by atoms with E-state index < -0.39 is 28.8 Å². The fourth-order valence-corrected chi connectivity index (χ4v) is 3.65. The SMILES string of the molecule is CC(=N)/C=C(\Nc1cccc(C(F)(F)F)c1)c1nn(-c2ccc(-n3cc(F)c(F)c3)cc2C)ccc1=O. The number of aromatic nitrogens is 3. The summed E-state index contributed by atoms with van der Waals surface area (Å²) in [6, 6.07) is 10.6. The number of rotatable bonds is 6. The third-order valence-corrected chi connectivity index (χ3v) is 5.35. The van der Waals surface area contributed by atoms with Gasteiger partial charge in [0.2, 0.25) is 5.43 Å². The molecule has 0 saturated heterocycles. The zero-order valence-electron chi connectivity index (χ0n) is 19.6. The Hall–Kier alpha value is -4.54. The first-order valence-electron chi connectivity index (χ1n) is 10.9. The van der Waals surface area contributed by atoms with Gasteiger partial charge in [-0.15, -0.1) is 0 Å². The highest BCUT2D eigenvalue weighted by atomic mass is 19.4. The van der Waals surface area contributed by atoms with Crippen LogP contribution in [-0.4, -0.2) is 20.1 Å². The molecule has 0 unspecified atom stereocenters. The molecule has 190 valence electrons. The molecule has 0 spiro atoms. The molecule has 0 amide bonds. The zero-order valence-corrected chi connectivity index (χ0v) is 19.6. The van der Waals surface area contributed by atoms with Crippen LogP contribution in [0.15, 0.2) is 78.0 Å².